The molecule has 0 radical (unpaired) electrons. The van der Waals surface area contributed by atoms with Crippen LogP contribution in [0.5, 0.6) is 0 Å². The van der Waals surface area contributed by atoms with Crippen LogP contribution in [0.25, 0.3) is 6.08 Å². The van der Waals surface area contributed by atoms with Gasteiger partial charge in [0.15, 0.2) is 5.70 Å². The highest BCUT2D eigenvalue weighted by molar-refractivity contribution is 7.89. The number of benzene rings is 2. The van der Waals surface area contributed by atoms with E-state index in [9.17, 15) is 13.2 Å². The van der Waals surface area contributed by atoms with Crippen molar-refractivity contribution in [2.45, 2.75) is 32.1 Å². The number of carbonyl (C=O) groups is 1. The number of hydrogen-bond acceptors (Lipinski definition) is 5. The molecule has 0 aromatic heterocycles. The van der Waals surface area contributed by atoms with Crippen molar-refractivity contribution in [2.75, 3.05) is 13.1 Å². The highest BCUT2D eigenvalue weighted by atomic mass is 32.2. The third-order valence-electron chi connectivity index (χ3n) is 4.76. The molecule has 0 aliphatic carbocycles. The zero-order valence-electron chi connectivity index (χ0n) is 16.8. The second-order valence-corrected chi connectivity index (χ2v) is 8.48. The van der Waals surface area contributed by atoms with Crippen molar-refractivity contribution in [2.24, 2.45) is 4.99 Å². The van der Waals surface area contributed by atoms with Crippen LogP contribution in [0.2, 0.25) is 0 Å². The molecule has 0 saturated heterocycles. The summed E-state index contributed by atoms with van der Waals surface area (Å²) in [6.45, 7) is 6.48. The third-order valence-corrected chi connectivity index (χ3v) is 6.82. The van der Waals surface area contributed by atoms with Gasteiger partial charge in [-0.25, -0.2) is 18.2 Å². The number of ether oxygens (including phenoxy) is 1. The molecule has 7 heteroatoms. The second kappa shape index (κ2) is 8.71. The molecular formula is C22H24N2O4S. The minimum absolute atomic E-state index is 0.165. The highest BCUT2D eigenvalue weighted by Gasteiger charge is 2.26. The van der Waals surface area contributed by atoms with E-state index in [0.717, 1.165) is 12.0 Å². The van der Waals surface area contributed by atoms with Crippen molar-refractivity contribution in [3.63, 3.8) is 0 Å². The van der Waals surface area contributed by atoms with Crippen LogP contribution in [0.3, 0.4) is 0 Å². The van der Waals surface area contributed by atoms with Crippen molar-refractivity contribution >= 4 is 28.0 Å². The Morgan fingerprint density at radius 2 is 1.59 bits per heavy atom. The third kappa shape index (κ3) is 4.46. The Bertz CT molecular complexity index is 1050. The molecule has 3 rings (SSSR count). The Balaban J connectivity index is 1.84. The Morgan fingerprint density at radius 3 is 2.14 bits per heavy atom. The van der Waals surface area contributed by atoms with Crippen molar-refractivity contribution in [1.29, 1.82) is 0 Å². The molecule has 152 valence electrons. The molecule has 0 N–H and O–H groups in total. The summed E-state index contributed by atoms with van der Waals surface area (Å²) in [6, 6.07) is 14.1. The summed E-state index contributed by atoms with van der Waals surface area (Å²) < 4.78 is 31.8. The topological polar surface area (TPSA) is 76.0 Å². The summed E-state index contributed by atoms with van der Waals surface area (Å²) in [7, 11) is -3.54. The summed E-state index contributed by atoms with van der Waals surface area (Å²) in [6.07, 6.45) is 2.62. The lowest BCUT2D eigenvalue weighted by Gasteiger charge is -2.18. The average Bonchev–Trinajstić information content (AvgIpc) is 3.09. The molecule has 0 spiro atoms. The Labute approximate surface area is 171 Å². The molecule has 1 aliphatic rings. The molecule has 1 aliphatic heterocycles. The molecule has 29 heavy (non-hydrogen) atoms. The molecule has 0 bridgehead atoms. The van der Waals surface area contributed by atoms with E-state index in [2.05, 4.69) is 11.9 Å². The lowest BCUT2D eigenvalue weighted by Crippen LogP contribution is -2.30. The number of nitrogens with zero attached hydrogens (tertiary/aromatic N) is 2. The van der Waals surface area contributed by atoms with E-state index in [1.54, 1.807) is 32.1 Å². The molecule has 2 aromatic carbocycles. The molecule has 0 amide bonds. The van der Waals surface area contributed by atoms with E-state index in [1.165, 1.54) is 22.0 Å². The SMILES string of the molecule is CCc1ccc(/C=C2\N=C(c3ccc(S(=O)(=O)N(CC)CC)cc3)OC2=O)cc1. The van der Waals surface area contributed by atoms with E-state index in [4.69, 9.17) is 4.74 Å². The van der Waals surface area contributed by atoms with E-state index in [0.29, 0.717) is 18.7 Å². The first-order valence-electron chi connectivity index (χ1n) is 9.61. The maximum atomic E-state index is 12.6. The molecule has 0 unspecified atom stereocenters. The molecule has 0 saturated carbocycles. The quantitative estimate of drug-likeness (QED) is 0.514. The van der Waals surface area contributed by atoms with Gasteiger partial charge in [-0.2, -0.15) is 4.31 Å². The Hall–Kier alpha value is -2.77. The second-order valence-electron chi connectivity index (χ2n) is 6.54. The number of carbonyl (C=O) groups excluding carboxylic acids is 1. The maximum absolute atomic E-state index is 12.6. The molecule has 2 aromatic rings. The molecular weight excluding hydrogens is 388 g/mol. The van der Waals surface area contributed by atoms with Gasteiger partial charge in [0.1, 0.15) is 0 Å². The standard InChI is InChI=1S/C22H24N2O4S/c1-4-16-7-9-17(10-8-16)15-20-22(25)28-21(23-20)18-11-13-19(14-12-18)29(26,27)24(5-2)6-3/h7-15H,4-6H2,1-3H3/b20-15-. The number of cyclic esters (lactones) is 1. The van der Waals surface area contributed by atoms with Gasteiger partial charge in [-0.05, 0) is 47.9 Å². The summed E-state index contributed by atoms with van der Waals surface area (Å²) in [5.74, 6) is -0.363. The van der Waals surface area contributed by atoms with E-state index >= 15 is 0 Å². The Morgan fingerprint density at radius 1 is 0.966 bits per heavy atom. The first-order valence-corrected chi connectivity index (χ1v) is 11.0. The minimum atomic E-state index is -3.54. The predicted molar refractivity (Wildman–Crippen MR) is 113 cm³/mol. The zero-order chi connectivity index (χ0) is 21.0. The van der Waals surface area contributed by atoms with Gasteiger partial charge in [0.25, 0.3) is 0 Å². The van der Waals surface area contributed by atoms with Gasteiger partial charge >= 0.3 is 5.97 Å². The number of rotatable bonds is 7. The summed E-state index contributed by atoms with van der Waals surface area (Å²) >= 11 is 0. The van der Waals surface area contributed by atoms with Crippen LogP contribution >= 0.6 is 0 Å². The van der Waals surface area contributed by atoms with E-state index in [1.807, 2.05) is 24.3 Å². The van der Waals surface area contributed by atoms with Crippen LogP contribution in [0, 0.1) is 0 Å². The van der Waals surface area contributed by atoms with Gasteiger partial charge in [-0.1, -0.05) is 45.0 Å². The average molecular weight is 413 g/mol. The first-order chi connectivity index (χ1) is 13.9. The van der Waals surface area contributed by atoms with Crippen LogP contribution in [-0.4, -0.2) is 37.7 Å². The van der Waals surface area contributed by atoms with Crippen LogP contribution in [0.4, 0.5) is 0 Å². The minimum Gasteiger partial charge on any atom is -0.402 e. The number of sulfonamides is 1. The summed E-state index contributed by atoms with van der Waals surface area (Å²) in [5.41, 5.74) is 2.83. The number of esters is 1. The van der Waals surface area contributed by atoms with Crippen LogP contribution in [0.1, 0.15) is 37.5 Å². The van der Waals surface area contributed by atoms with Crippen LogP contribution < -0.4 is 0 Å². The fraction of sp³-hybridized carbons (Fsp3) is 0.273. The van der Waals surface area contributed by atoms with Crippen molar-refractivity contribution in [1.82, 2.24) is 4.31 Å². The van der Waals surface area contributed by atoms with Gasteiger partial charge in [-0.15, -0.1) is 0 Å². The smallest absolute Gasteiger partial charge is 0.363 e. The van der Waals surface area contributed by atoms with Crippen molar-refractivity contribution < 1.29 is 17.9 Å². The first kappa shape index (κ1) is 21.0. The molecule has 6 nitrogen and oxygen atoms in total. The number of aryl methyl sites for hydroxylation is 1. The van der Waals surface area contributed by atoms with Gasteiger partial charge < -0.3 is 4.74 Å². The maximum Gasteiger partial charge on any atom is 0.363 e. The van der Waals surface area contributed by atoms with E-state index in [-0.39, 0.29) is 16.5 Å². The fourth-order valence-electron chi connectivity index (χ4n) is 3.02. The van der Waals surface area contributed by atoms with Gasteiger partial charge in [0, 0.05) is 18.7 Å². The Kier molecular flexibility index (Phi) is 6.30. The van der Waals surface area contributed by atoms with Gasteiger partial charge in [0.2, 0.25) is 15.9 Å². The molecule has 1 heterocycles. The van der Waals surface area contributed by atoms with Gasteiger partial charge in [-0.3, -0.25) is 0 Å². The van der Waals surface area contributed by atoms with Crippen LogP contribution in [-0.2, 0) is 26.0 Å². The lowest BCUT2D eigenvalue weighted by molar-refractivity contribution is -0.129. The monoisotopic (exact) mass is 412 g/mol. The normalized spacial score (nSPS) is 15.7. The van der Waals surface area contributed by atoms with Crippen molar-refractivity contribution in [3.05, 3.63) is 70.9 Å². The molecule has 0 fully saturated rings. The summed E-state index contributed by atoms with van der Waals surface area (Å²) in [5, 5.41) is 0. The van der Waals surface area contributed by atoms with Crippen molar-refractivity contribution in [3.8, 4) is 0 Å². The number of aliphatic imine (C=N–C) groups is 1. The summed E-state index contributed by atoms with van der Waals surface area (Å²) in [4.78, 5) is 16.6. The largest absolute Gasteiger partial charge is 0.402 e. The zero-order valence-corrected chi connectivity index (χ0v) is 17.6. The van der Waals surface area contributed by atoms with Crippen LogP contribution in [0.15, 0.2) is 64.1 Å². The van der Waals surface area contributed by atoms with E-state index < -0.39 is 16.0 Å². The van der Waals surface area contributed by atoms with Gasteiger partial charge in [0.05, 0.1) is 4.90 Å². The predicted octanol–water partition coefficient (Wildman–Crippen LogP) is 3.62. The fourth-order valence-corrected chi connectivity index (χ4v) is 4.48. The lowest BCUT2D eigenvalue weighted by atomic mass is 10.1. The highest BCUT2D eigenvalue weighted by Crippen LogP contribution is 2.22. The number of hydrogen-bond donors (Lipinski definition) is 0. The molecule has 0 atom stereocenters.